The minimum Gasteiger partial charge on any atom is -0.369 e. The van der Waals surface area contributed by atoms with E-state index >= 15 is 0 Å². The van der Waals surface area contributed by atoms with Crippen LogP contribution in [0, 0.1) is 23.2 Å². The average molecular weight is 482 g/mol. The van der Waals surface area contributed by atoms with E-state index in [-0.39, 0.29) is 42.1 Å². The van der Waals surface area contributed by atoms with E-state index in [9.17, 15) is 14.4 Å². The first-order valence-corrected chi connectivity index (χ1v) is 13.3. The van der Waals surface area contributed by atoms with E-state index < -0.39 is 6.04 Å². The number of amides is 3. The van der Waals surface area contributed by atoms with Crippen molar-refractivity contribution in [3.8, 4) is 0 Å². The first-order chi connectivity index (χ1) is 16.8. The zero-order valence-electron chi connectivity index (χ0n) is 21.1. The quantitative estimate of drug-likeness (QED) is 0.466. The van der Waals surface area contributed by atoms with Crippen molar-refractivity contribution in [3.63, 3.8) is 0 Å². The van der Waals surface area contributed by atoms with Gasteiger partial charge in [0, 0.05) is 31.3 Å². The molecular formula is C28H39N3O4. The fourth-order valence-corrected chi connectivity index (χ4v) is 6.21. The van der Waals surface area contributed by atoms with Gasteiger partial charge in [-0.15, -0.1) is 0 Å². The lowest BCUT2D eigenvalue weighted by Crippen LogP contribution is -2.53. The molecule has 0 saturated carbocycles. The molecule has 7 nitrogen and oxygen atoms in total. The largest absolute Gasteiger partial charge is 0.369 e. The van der Waals surface area contributed by atoms with Crippen LogP contribution in [-0.4, -0.2) is 72.5 Å². The van der Waals surface area contributed by atoms with Gasteiger partial charge in [-0.2, -0.15) is 0 Å². The Labute approximate surface area is 208 Å². The molecule has 5 rings (SSSR count). The van der Waals surface area contributed by atoms with Gasteiger partial charge in [-0.3, -0.25) is 19.7 Å². The summed E-state index contributed by atoms with van der Waals surface area (Å²) in [6.07, 6.45) is 15.8. The van der Waals surface area contributed by atoms with Crippen LogP contribution < -0.4 is 5.32 Å². The number of piperidine rings is 2. The van der Waals surface area contributed by atoms with Gasteiger partial charge in [-0.1, -0.05) is 44.2 Å². The lowest BCUT2D eigenvalue weighted by molar-refractivity contribution is -0.144. The summed E-state index contributed by atoms with van der Waals surface area (Å²) < 4.78 is 6.32. The molecule has 3 saturated heterocycles. The Hall–Kier alpha value is -2.25. The summed E-state index contributed by atoms with van der Waals surface area (Å²) in [5.74, 6) is -0.128. The van der Waals surface area contributed by atoms with E-state index in [1.807, 2.05) is 6.08 Å². The van der Waals surface area contributed by atoms with Crippen molar-refractivity contribution in [2.45, 2.75) is 64.5 Å². The van der Waals surface area contributed by atoms with Crippen LogP contribution in [0.3, 0.4) is 0 Å². The van der Waals surface area contributed by atoms with Crippen LogP contribution in [0.5, 0.6) is 0 Å². The van der Waals surface area contributed by atoms with Gasteiger partial charge in [-0.05, 0) is 62.1 Å². The number of imide groups is 1. The topological polar surface area (TPSA) is 79.0 Å². The van der Waals surface area contributed by atoms with Crippen LogP contribution in [0.1, 0.15) is 52.4 Å². The Balaban J connectivity index is 1.12. The summed E-state index contributed by atoms with van der Waals surface area (Å²) in [5.41, 5.74) is 1.68. The van der Waals surface area contributed by atoms with E-state index in [0.29, 0.717) is 37.3 Å². The fourth-order valence-electron chi connectivity index (χ4n) is 6.21. The molecule has 0 aromatic carbocycles. The first kappa shape index (κ1) is 24.4. The highest BCUT2D eigenvalue weighted by atomic mass is 16.5. The van der Waals surface area contributed by atoms with E-state index in [0.717, 1.165) is 13.0 Å². The van der Waals surface area contributed by atoms with E-state index in [1.54, 1.807) is 4.90 Å². The van der Waals surface area contributed by atoms with Crippen LogP contribution in [0.15, 0.2) is 36.0 Å². The summed E-state index contributed by atoms with van der Waals surface area (Å²) in [4.78, 5) is 41.3. The molecule has 3 amide bonds. The number of hydrogen-bond acceptors (Lipinski definition) is 5. The van der Waals surface area contributed by atoms with E-state index in [1.165, 1.54) is 31.5 Å². The monoisotopic (exact) mass is 481 g/mol. The van der Waals surface area contributed by atoms with Crippen molar-refractivity contribution in [2.75, 3.05) is 32.8 Å². The second kappa shape index (κ2) is 10.0. The standard InChI is InChI=1S/C28H39N3O4/c1-28(2)12-14-30(15-13-28)16-19-6-8-20(9-7-19)18-35-24-5-3-4-21-22(24)17-31(27(21)34)23-10-11-25(32)29-26(23)33/h3,5-6,8-9,19,21-24H,4,7,10-18H2,1-2H3,(H,29,32,33). The number of allylic oxidation sites excluding steroid dienone is 2. The first-order valence-electron chi connectivity index (χ1n) is 13.3. The lowest BCUT2D eigenvalue weighted by Gasteiger charge is -2.38. The van der Waals surface area contributed by atoms with Crippen molar-refractivity contribution in [3.05, 3.63) is 36.0 Å². The molecule has 3 heterocycles. The highest BCUT2D eigenvalue weighted by molar-refractivity contribution is 6.02. The molecule has 35 heavy (non-hydrogen) atoms. The molecule has 0 aromatic heterocycles. The third-order valence-corrected chi connectivity index (χ3v) is 8.66. The maximum absolute atomic E-state index is 13.1. The molecule has 2 aliphatic carbocycles. The highest BCUT2D eigenvalue weighted by Gasteiger charge is 2.49. The number of rotatable bonds is 6. The average Bonchev–Trinajstić information content (AvgIpc) is 3.17. The van der Waals surface area contributed by atoms with Crippen molar-refractivity contribution in [1.82, 2.24) is 15.1 Å². The Morgan fingerprint density at radius 1 is 1.11 bits per heavy atom. The second-order valence-corrected chi connectivity index (χ2v) is 11.8. The fraction of sp³-hybridized carbons (Fsp3) is 0.679. The molecule has 3 aliphatic heterocycles. The van der Waals surface area contributed by atoms with Gasteiger partial charge in [0.25, 0.3) is 0 Å². The maximum Gasteiger partial charge on any atom is 0.249 e. The normalized spacial score (nSPS) is 35.1. The number of likely N-dealkylation sites (tertiary alicyclic amines) is 2. The summed E-state index contributed by atoms with van der Waals surface area (Å²) in [5, 5.41) is 2.38. The van der Waals surface area contributed by atoms with Crippen molar-refractivity contribution in [1.29, 1.82) is 0 Å². The minimum absolute atomic E-state index is 0.0168. The number of nitrogens with one attached hydrogen (secondary N) is 1. The summed E-state index contributed by atoms with van der Waals surface area (Å²) >= 11 is 0. The van der Waals surface area contributed by atoms with Crippen molar-refractivity contribution < 1.29 is 19.1 Å². The summed E-state index contributed by atoms with van der Waals surface area (Å²) in [6.45, 7) is 9.31. The number of carbonyl (C=O) groups is 3. The number of hydrogen-bond donors (Lipinski definition) is 1. The predicted octanol–water partition coefficient (Wildman–Crippen LogP) is 2.84. The lowest BCUT2D eigenvalue weighted by atomic mass is 9.82. The highest BCUT2D eigenvalue weighted by Crippen LogP contribution is 2.38. The third kappa shape index (κ3) is 5.46. The molecule has 7 heteroatoms. The minimum atomic E-state index is -0.543. The molecule has 0 aromatic rings. The molecule has 5 unspecified atom stereocenters. The summed E-state index contributed by atoms with van der Waals surface area (Å²) in [7, 11) is 0. The SMILES string of the molecule is CC1(C)CCN(CC2C=CC(COC3C=CCC4C(=O)N(C5CCC(=O)NC5=O)CC34)=CC2)CC1. The third-order valence-electron chi connectivity index (χ3n) is 8.66. The maximum atomic E-state index is 13.1. The van der Waals surface area contributed by atoms with Gasteiger partial charge >= 0.3 is 0 Å². The van der Waals surface area contributed by atoms with Gasteiger partial charge in [-0.25, -0.2) is 0 Å². The van der Waals surface area contributed by atoms with E-state index in [2.05, 4.69) is 48.4 Å². The van der Waals surface area contributed by atoms with Crippen LogP contribution in [-0.2, 0) is 19.1 Å². The molecule has 0 bridgehead atoms. The molecule has 0 spiro atoms. The van der Waals surface area contributed by atoms with Gasteiger partial charge in [0.1, 0.15) is 6.04 Å². The van der Waals surface area contributed by atoms with Gasteiger partial charge < -0.3 is 14.5 Å². The Morgan fingerprint density at radius 2 is 1.91 bits per heavy atom. The van der Waals surface area contributed by atoms with Gasteiger partial charge in [0.2, 0.25) is 17.7 Å². The molecule has 190 valence electrons. The number of nitrogens with zero attached hydrogens (tertiary/aromatic N) is 2. The van der Waals surface area contributed by atoms with Crippen LogP contribution in [0.2, 0.25) is 0 Å². The number of ether oxygens (including phenoxy) is 1. The molecular weight excluding hydrogens is 442 g/mol. The number of fused-ring (bicyclic) bond motifs is 1. The Morgan fingerprint density at radius 3 is 2.63 bits per heavy atom. The van der Waals surface area contributed by atoms with Crippen LogP contribution >= 0.6 is 0 Å². The van der Waals surface area contributed by atoms with Crippen molar-refractivity contribution >= 4 is 17.7 Å². The second-order valence-electron chi connectivity index (χ2n) is 11.8. The van der Waals surface area contributed by atoms with Crippen LogP contribution in [0.4, 0.5) is 0 Å². The van der Waals surface area contributed by atoms with E-state index in [4.69, 9.17) is 4.74 Å². The van der Waals surface area contributed by atoms with Crippen molar-refractivity contribution in [2.24, 2.45) is 23.2 Å². The number of carbonyl (C=O) groups excluding carboxylic acids is 3. The Kier molecular flexibility index (Phi) is 6.99. The zero-order valence-corrected chi connectivity index (χ0v) is 21.1. The smallest absolute Gasteiger partial charge is 0.249 e. The molecule has 1 N–H and O–H groups in total. The molecule has 5 atom stereocenters. The molecule has 3 fully saturated rings. The van der Waals surface area contributed by atoms with Gasteiger partial charge in [0.15, 0.2) is 0 Å². The summed E-state index contributed by atoms with van der Waals surface area (Å²) in [6, 6.07) is -0.543. The van der Waals surface area contributed by atoms with Gasteiger partial charge in [0.05, 0.1) is 12.7 Å². The Bertz CT molecular complexity index is 942. The molecule has 0 radical (unpaired) electrons. The van der Waals surface area contributed by atoms with Crippen LogP contribution in [0.25, 0.3) is 0 Å². The predicted molar refractivity (Wildman–Crippen MR) is 133 cm³/mol. The zero-order chi connectivity index (χ0) is 24.6. The molecule has 5 aliphatic rings.